The number of hydrogen-bond donors (Lipinski definition) is 1. The number of anilines is 1. The van der Waals surface area contributed by atoms with Crippen molar-refractivity contribution in [2.24, 2.45) is 5.92 Å². The van der Waals surface area contributed by atoms with E-state index in [9.17, 15) is 19.6 Å². The van der Waals surface area contributed by atoms with Crippen LogP contribution in [0.25, 0.3) is 0 Å². The summed E-state index contributed by atoms with van der Waals surface area (Å²) in [5.74, 6) is -2.59. The number of amides is 1. The molecule has 1 atom stereocenters. The van der Waals surface area contributed by atoms with E-state index in [1.165, 1.54) is 6.20 Å². The normalized spacial score (nSPS) is 14.3. The molecule has 3 rings (SSSR count). The Kier molecular flexibility index (Phi) is 4.44. The minimum atomic E-state index is -1.58. The molecule has 0 spiro atoms. The van der Waals surface area contributed by atoms with Crippen LogP contribution < -0.4 is 5.32 Å². The molecule has 1 unspecified atom stereocenters. The number of hydrogen-bond acceptors (Lipinski definition) is 6. The molecule has 0 saturated heterocycles. The average molecular weight is 337 g/mol. The number of nitrogens with zero attached hydrogens (tertiary/aromatic N) is 2. The number of pyridine rings is 1. The van der Waals surface area contributed by atoms with Crippen LogP contribution in [0.15, 0.2) is 28.8 Å². The van der Waals surface area contributed by atoms with Crippen LogP contribution in [0.2, 0.25) is 0 Å². The highest BCUT2D eigenvalue weighted by Crippen LogP contribution is 2.30. The number of nitrogens with one attached hydrogen (secondary N) is 1. The highest BCUT2D eigenvalue weighted by Gasteiger charge is 2.35. The van der Waals surface area contributed by atoms with Gasteiger partial charge in [-0.15, -0.1) is 0 Å². The maximum Gasteiger partial charge on any atom is 0.251 e. The molecule has 0 fully saturated rings. The Labute approximate surface area is 143 Å². The molecule has 0 bridgehead atoms. The predicted molar refractivity (Wildman–Crippen MR) is 87.0 cm³/mol. The van der Waals surface area contributed by atoms with Gasteiger partial charge in [0.25, 0.3) is 5.91 Å². The number of rotatable bonds is 4. The van der Waals surface area contributed by atoms with E-state index in [-0.39, 0.29) is 17.4 Å². The molecule has 2 aromatic heterocycles. The van der Waals surface area contributed by atoms with Gasteiger partial charge in [-0.05, 0) is 25.5 Å². The predicted octanol–water partition coefficient (Wildman–Crippen LogP) is 2.46. The molecule has 7 heteroatoms. The summed E-state index contributed by atoms with van der Waals surface area (Å²) in [5.41, 5.74) is 0.812. The Hall–Kier alpha value is -3.27. The lowest BCUT2D eigenvalue weighted by molar-refractivity contribution is -0.117. The van der Waals surface area contributed by atoms with Crippen LogP contribution in [-0.4, -0.2) is 22.5 Å². The molecule has 0 aliphatic heterocycles. The summed E-state index contributed by atoms with van der Waals surface area (Å²) in [6.07, 6.45) is 3.11. The lowest BCUT2D eigenvalue weighted by atomic mass is 9.92. The molecular weight excluding hydrogens is 322 g/mol. The fourth-order valence-electron chi connectivity index (χ4n) is 2.89. The van der Waals surface area contributed by atoms with Crippen molar-refractivity contribution in [3.8, 4) is 6.07 Å². The molecule has 0 saturated carbocycles. The van der Waals surface area contributed by atoms with Gasteiger partial charge < -0.3 is 9.73 Å². The van der Waals surface area contributed by atoms with E-state index in [2.05, 4.69) is 10.3 Å². The largest absolute Gasteiger partial charge is 0.457 e. The zero-order valence-corrected chi connectivity index (χ0v) is 13.5. The third-order valence-electron chi connectivity index (χ3n) is 4.10. The molecule has 0 aromatic carbocycles. The molecule has 1 aliphatic carbocycles. The van der Waals surface area contributed by atoms with Crippen LogP contribution in [0.1, 0.15) is 45.1 Å². The van der Waals surface area contributed by atoms with Gasteiger partial charge in [-0.1, -0.05) is 6.07 Å². The second-order valence-corrected chi connectivity index (χ2v) is 5.76. The van der Waals surface area contributed by atoms with E-state index in [1.54, 1.807) is 31.2 Å². The fourth-order valence-corrected chi connectivity index (χ4v) is 2.89. The first-order chi connectivity index (χ1) is 12.0. The number of aryl methyl sites for hydroxylation is 1. The van der Waals surface area contributed by atoms with Crippen LogP contribution in [0.5, 0.6) is 0 Å². The molecule has 2 aromatic rings. The Morgan fingerprint density at radius 1 is 1.36 bits per heavy atom. The third kappa shape index (κ3) is 3.06. The maximum atomic E-state index is 12.6. The maximum absolute atomic E-state index is 12.6. The van der Waals surface area contributed by atoms with Crippen molar-refractivity contribution in [3.63, 3.8) is 0 Å². The number of nitriles is 1. The minimum Gasteiger partial charge on any atom is -0.457 e. The van der Waals surface area contributed by atoms with Gasteiger partial charge in [-0.3, -0.25) is 14.4 Å². The zero-order chi connectivity index (χ0) is 18.0. The molecule has 126 valence electrons. The first-order valence-corrected chi connectivity index (χ1v) is 7.84. The van der Waals surface area contributed by atoms with Crippen molar-refractivity contribution in [3.05, 3.63) is 47.0 Å². The van der Waals surface area contributed by atoms with E-state index in [4.69, 9.17) is 4.42 Å². The summed E-state index contributed by atoms with van der Waals surface area (Å²) in [5, 5.41) is 11.7. The minimum absolute atomic E-state index is 0.0759. The van der Waals surface area contributed by atoms with Crippen molar-refractivity contribution in [2.75, 3.05) is 5.32 Å². The number of ketones is 2. The van der Waals surface area contributed by atoms with Gasteiger partial charge in [0.2, 0.25) is 5.78 Å². The fraction of sp³-hybridized carbons (Fsp3) is 0.278. The lowest BCUT2D eigenvalue weighted by Gasteiger charge is -2.08. The first-order valence-electron chi connectivity index (χ1n) is 7.84. The van der Waals surface area contributed by atoms with E-state index in [1.807, 2.05) is 0 Å². The molecule has 1 N–H and O–H groups in total. The second-order valence-electron chi connectivity index (χ2n) is 5.76. The second kappa shape index (κ2) is 6.69. The van der Waals surface area contributed by atoms with E-state index in [0.29, 0.717) is 36.1 Å². The molecule has 2 heterocycles. The van der Waals surface area contributed by atoms with Crippen molar-refractivity contribution in [1.29, 1.82) is 5.26 Å². The Bertz CT molecular complexity index is 893. The number of aromatic nitrogens is 1. The van der Waals surface area contributed by atoms with E-state index < -0.39 is 17.6 Å². The zero-order valence-electron chi connectivity index (χ0n) is 13.5. The number of furan rings is 1. The summed E-state index contributed by atoms with van der Waals surface area (Å²) < 4.78 is 5.54. The van der Waals surface area contributed by atoms with Gasteiger partial charge in [0, 0.05) is 24.6 Å². The Morgan fingerprint density at radius 3 is 2.80 bits per heavy atom. The van der Waals surface area contributed by atoms with E-state index in [0.717, 1.165) is 0 Å². The van der Waals surface area contributed by atoms with Gasteiger partial charge in [0.15, 0.2) is 17.5 Å². The monoisotopic (exact) mass is 337 g/mol. The highest BCUT2D eigenvalue weighted by molar-refractivity contribution is 6.16. The van der Waals surface area contributed by atoms with Gasteiger partial charge >= 0.3 is 0 Å². The molecule has 1 aliphatic rings. The first kappa shape index (κ1) is 16.6. The third-order valence-corrected chi connectivity index (χ3v) is 4.10. The quantitative estimate of drug-likeness (QED) is 0.677. The van der Waals surface area contributed by atoms with Crippen LogP contribution in [0.4, 0.5) is 5.82 Å². The van der Waals surface area contributed by atoms with Crippen LogP contribution in [-0.2, 0) is 11.2 Å². The average Bonchev–Trinajstić information content (AvgIpc) is 2.94. The molecule has 0 radical (unpaired) electrons. The summed E-state index contributed by atoms with van der Waals surface area (Å²) in [4.78, 5) is 40.9. The van der Waals surface area contributed by atoms with Crippen molar-refractivity contribution in [1.82, 2.24) is 4.98 Å². The van der Waals surface area contributed by atoms with Gasteiger partial charge in [0.05, 0.1) is 11.6 Å². The topological polar surface area (TPSA) is 113 Å². The standard InChI is InChI=1S/C18H15N3O4/c1-10-15-12(22)5-4-6-13(15)25-17(10)16(23)11(9-19)18(24)21-14-7-2-3-8-20-14/h2-3,7-8,11H,4-6H2,1H3,(H,20,21,24). The molecular formula is C18H15N3O4. The van der Waals surface area contributed by atoms with Crippen LogP contribution in [0, 0.1) is 24.2 Å². The van der Waals surface area contributed by atoms with Gasteiger partial charge in [-0.2, -0.15) is 5.26 Å². The summed E-state index contributed by atoms with van der Waals surface area (Å²) in [6.45, 7) is 1.60. The number of carbonyl (C=O) groups is 3. The van der Waals surface area contributed by atoms with Crippen molar-refractivity contribution in [2.45, 2.75) is 26.2 Å². The van der Waals surface area contributed by atoms with Gasteiger partial charge in [-0.25, -0.2) is 4.98 Å². The highest BCUT2D eigenvalue weighted by atomic mass is 16.4. The van der Waals surface area contributed by atoms with Crippen LogP contribution >= 0.6 is 0 Å². The van der Waals surface area contributed by atoms with Crippen molar-refractivity contribution < 1.29 is 18.8 Å². The summed E-state index contributed by atoms with van der Waals surface area (Å²) >= 11 is 0. The SMILES string of the molecule is Cc1c(C(=O)C(C#N)C(=O)Nc2ccccn2)oc2c1C(=O)CCC2. The number of carbonyl (C=O) groups excluding carboxylic acids is 3. The summed E-state index contributed by atoms with van der Waals surface area (Å²) in [6, 6.07) is 6.60. The molecule has 7 nitrogen and oxygen atoms in total. The number of fused-ring (bicyclic) bond motifs is 1. The van der Waals surface area contributed by atoms with E-state index >= 15 is 0 Å². The van der Waals surface area contributed by atoms with Crippen LogP contribution in [0.3, 0.4) is 0 Å². The molecule has 1 amide bonds. The van der Waals surface area contributed by atoms with Gasteiger partial charge in [0.1, 0.15) is 11.6 Å². The lowest BCUT2D eigenvalue weighted by Crippen LogP contribution is -2.29. The smallest absolute Gasteiger partial charge is 0.251 e. The Balaban J connectivity index is 1.87. The van der Waals surface area contributed by atoms with Crippen molar-refractivity contribution >= 4 is 23.3 Å². The molecule has 25 heavy (non-hydrogen) atoms. The summed E-state index contributed by atoms with van der Waals surface area (Å²) in [7, 11) is 0. The number of Topliss-reactive ketones (excluding diaryl/α,β-unsaturated/α-hetero) is 2. The Morgan fingerprint density at radius 2 is 2.16 bits per heavy atom.